The highest BCUT2D eigenvalue weighted by Crippen LogP contribution is 2.27. The Morgan fingerprint density at radius 3 is 2.29 bits per heavy atom. The molecule has 132 valence electrons. The highest BCUT2D eigenvalue weighted by Gasteiger charge is 2.29. The Labute approximate surface area is 144 Å². The van der Waals surface area contributed by atoms with Gasteiger partial charge in [0.2, 0.25) is 5.91 Å². The molecule has 1 aliphatic carbocycles. The first-order valence-electron chi connectivity index (χ1n) is 9.35. The topological polar surface area (TPSA) is 52.6 Å². The first kappa shape index (κ1) is 17.0. The zero-order valence-corrected chi connectivity index (χ0v) is 14.9. The van der Waals surface area contributed by atoms with Crippen molar-refractivity contribution >= 4 is 17.5 Å². The Morgan fingerprint density at radius 1 is 1.08 bits per heavy atom. The Balaban J connectivity index is 1.55. The van der Waals surface area contributed by atoms with Crippen LogP contribution in [-0.2, 0) is 4.79 Å². The van der Waals surface area contributed by atoms with E-state index in [4.69, 9.17) is 0 Å². The molecule has 3 rings (SSSR count). The van der Waals surface area contributed by atoms with Gasteiger partial charge in [-0.15, -0.1) is 10.2 Å². The Morgan fingerprint density at radius 2 is 1.75 bits per heavy atom. The van der Waals surface area contributed by atoms with E-state index in [1.54, 1.807) is 0 Å². The molecular weight excluding hydrogens is 302 g/mol. The molecule has 0 bridgehead atoms. The minimum Gasteiger partial charge on any atom is -0.356 e. The maximum atomic E-state index is 12.5. The lowest BCUT2D eigenvalue weighted by molar-refractivity contribution is -0.135. The zero-order valence-electron chi connectivity index (χ0n) is 14.9. The second kappa shape index (κ2) is 7.81. The molecule has 6 nitrogen and oxygen atoms in total. The smallest absolute Gasteiger partial charge is 0.225 e. The van der Waals surface area contributed by atoms with E-state index in [1.165, 1.54) is 12.8 Å². The monoisotopic (exact) mass is 331 g/mol. The average molecular weight is 331 g/mol. The van der Waals surface area contributed by atoms with Gasteiger partial charge in [-0.2, -0.15) is 0 Å². The summed E-state index contributed by atoms with van der Waals surface area (Å²) < 4.78 is 0. The van der Waals surface area contributed by atoms with E-state index in [0.717, 1.165) is 63.7 Å². The molecule has 24 heavy (non-hydrogen) atoms. The van der Waals surface area contributed by atoms with Crippen molar-refractivity contribution in [3.63, 3.8) is 0 Å². The third kappa shape index (κ3) is 3.62. The fraction of sp³-hybridized carbons (Fsp3) is 0.722. The Bertz CT molecular complexity index is 529. The van der Waals surface area contributed by atoms with E-state index in [1.807, 2.05) is 11.0 Å². The van der Waals surface area contributed by atoms with Gasteiger partial charge in [0.05, 0.1) is 0 Å². The van der Waals surface area contributed by atoms with Crippen LogP contribution in [0.5, 0.6) is 0 Å². The summed E-state index contributed by atoms with van der Waals surface area (Å²) in [5.74, 6) is 2.50. The van der Waals surface area contributed by atoms with Crippen molar-refractivity contribution in [2.24, 2.45) is 5.92 Å². The molecule has 0 aromatic carbocycles. The number of aromatic nitrogens is 2. The van der Waals surface area contributed by atoms with Crippen molar-refractivity contribution < 1.29 is 4.79 Å². The molecule has 2 aliphatic rings. The number of carbonyl (C=O) groups excluding carboxylic acids is 1. The van der Waals surface area contributed by atoms with Gasteiger partial charge in [-0.3, -0.25) is 4.79 Å². The molecule has 1 aromatic rings. The molecule has 1 saturated heterocycles. The van der Waals surface area contributed by atoms with Crippen LogP contribution in [0, 0.1) is 5.92 Å². The van der Waals surface area contributed by atoms with Crippen LogP contribution >= 0.6 is 0 Å². The predicted molar refractivity (Wildman–Crippen MR) is 96.3 cm³/mol. The van der Waals surface area contributed by atoms with Crippen LogP contribution in [0.4, 0.5) is 11.6 Å². The van der Waals surface area contributed by atoms with E-state index in [0.29, 0.717) is 5.91 Å². The van der Waals surface area contributed by atoms with E-state index in [-0.39, 0.29) is 5.92 Å². The fourth-order valence-corrected chi connectivity index (χ4v) is 3.79. The van der Waals surface area contributed by atoms with Crippen LogP contribution < -0.4 is 9.80 Å². The molecule has 6 heteroatoms. The molecule has 1 aromatic heterocycles. The lowest BCUT2D eigenvalue weighted by Crippen LogP contribution is -2.50. The lowest BCUT2D eigenvalue weighted by atomic mass is 10.1. The third-order valence-electron chi connectivity index (χ3n) is 5.34. The molecule has 2 fully saturated rings. The number of carbonyl (C=O) groups is 1. The van der Waals surface area contributed by atoms with Crippen LogP contribution in [0.1, 0.15) is 39.5 Å². The van der Waals surface area contributed by atoms with E-state index in [9.17, 15) is 4.79 Å². The number of hydrogen-bond donors (Lipinski definition) is 0. The molecular formula is C18H29N5O. The minimum atomic E-state index is 0.282. The zero-order chi connectivity index (χ0) is 16.9. The lowest BCUT2D eigenvalue weighted by Gasteiger charge is -2.36. The highest BCUT2D eigenvalue weighted by molar-refractivity contribution is 5.79. The molecule has 0 atom stereocenters. The first-order chi connectivity index (χ1) is 11.7. The summed E-state index contributed by atoms with van der Waals surface area (Å²) in [4.78, 5) is 19.0. The maximum Gasteiger partial charge on any atom is 0.225 e. The maximum absolute atomic E-state index is 12.5. The molecule has 1 aliphatic heterocycles. The number of amides is 1. The Kier molecular flexibility index (Phi) is 5.53. The Hall–Kier alpha value is -1.85. The summed E-state index contributed by atoms with van der Waals surface area (Å²) in [5, 5.41) is 8.76. The fourth-order valence-electron chi connectivity index (χ4n) is 3.79. The summed E-state index contributed by atoms with van der Waals surface area (Å²) in [6.07, 6.45) is 4.59. The SMILES string of the molecule is CCN(CC)c1ccc(N2CCN(C(=O)C3CCCC3)CC2)nn1. The number of anilines is 2. The molecule has 0 unspecified atom stereocenters. The quantitative estimate of drug-likeness (QED) is 0.827. The molecule has 1 amide bonds. The van der Waals surface area contributed by atoms with Gasteiger partial charge in [0.25, 0.3) is 0 Å². The molecule has 0 N–H and O–H groups in total. The van der Waals surface area contributed by atoms with Crippen LogP contribution in [0.3, 0.4) is 0 Å². The van der Waals surface area contributed by atoms with Crippen molar-refractivity contribution in [2.45, 2.75) is 39.5 Å². The van der Waals surface area contributed by atoms with Gasteiger partial charge in [0.1, 0.15) is 0 Å². The second-order valence-corrected chi connectivity index (χ2v) is 6.72. The largest absolute Gasteiger partial charge is 0.356 e. The van der Waals surface area contributed by atoms with Crippen molar-refractivity contribution in [1.82, 2.24) is 15.1 Å². The standard InChI is InChI=1S/C18H29N5O/c1-3-21(4-2)16-9-10-17(20-19-16)22-11-13-23(14-12-22)18(24)15-7-5-6-8-15/h9-10,15H,3-8,11-14H2,1-2H3. The summed E-state index contributed by atoms with van der Waals surface area (Å²) in [6, 6.07) is 4.10. The highest BCUT2D eigenvalue weighted by atomic mass is 16.2. The van der Waals surface area contributed by atoms with Gasteiger partial charge in [0, 0.05) is 45.2 Å². The van der Waals surface area contributed by atoms with E-state index < -0.39 is 0 Å². The van der Waals surface area contributed by atoms with Crippen LogP contribution in [0.15, 0.2) is 12.1 Å². The van der Waals surface area contributed by atoms with Crippen molar-refractivity contribution in [2.75, 3.05) is 49.1 Å². The van der Waals surface area contributed by atoms with Gasteiger partial charge in [0.15, 0.2) is 11.6 Å². The minimum absolute atomic E-state index is 0.282. The molecule has 1 saturated carbocycles. The van der Waals surface area contributed by atoms with E-state index in [2.05, 4.69) is 39.9 Å². The normalized spacial score (nSPS) is 18.9. The predicted octanol–water partition coefficient (Wildman–Crippen LogP) is 2.16. The molecule has 0 spiro atoms. The average Bonchev–Trinajstić information content (AvgIpc) is 3.18. The van der Waals surface area contributed by atoms with Crippen LogP contribution in [-0.4, -0.2) is 60.3 Å². The van der Waals surface area contributed by atoms with Gasteiger partial charge in [-0.05, 0) is 38.8 Å². The van der Waals surface area contributed by atoms with Gasteiger partial charge >= 0.3 is 0 Å². The van der Waals surface area contributed by atoms with Crippen LogP contribution in [0.25, 0.3) is 0 Å². The molecule has 2 heterocycles. The third-order valence-corrected chi connectivity index (χ3v) is 5.34. The number of hydrogen-bond acceptors (Lipinski definition) is 5. The second-order valence-electron chi connectivity index (χ2n) is 6.72. The van der Waals surface area contributed by atoms with E-state index >= 15 is 0 Å². The summed E-state index contributed by atoms with van der Waals surface area (Å²) in [5.41, 5.74) is 0. The van der Waals surface area contributed by atoms with Crippen molar-refractivity contribution in [3.05, 3.63) is 12.1 Å². The summed E-state index contributed by atoms with van der Waals surface area (Å²) in [7, 11) is 0. The van der Waals surface area contributed by atoms with Crippen LogP contribution in [0.2, 0.25) is 0 Å². The molecule has 0 radical (unpaired) electrons. The van der Waals surface area contributed by atoms with Crippen molar-refractivity contribution in [1.29, 1.82) is 0 Å². The number of nitrogens with zero attached hydrogens (tertiary/aromatic N) is 5. The number of rotatable bonds is 5. The van der Waals surface area contributed by atoms with Gasteiger partial charge < -0.3 is 14.7 Å². The number of piperazine rings is 1. The first-order valence-corrected chi connectivity index (χ1v) is 9.35. The van der Waals surface area contributed by atoms with Gasteiger partial charge in [-0.1, -0.05) is 12.8 Å². The van der Waals surface area contributed by atoms with Gasteiger partial charge in [-0.25, -0.2) is 0 Å². The summed E-state index contributed by atoms with van der Waals surface area (Å²) in [6.45, 7) is 9.41. The van der Waals surface area contributed by atoms with Crippen molar-refractivity contribution in [3.8, 4) is 0 Å². The summed E-state index contributed by atoms with van der Waals surface area (Å²) >= 11 is 0.